The minimum atomic E-state index is -0.463. The van der Waals surface area contributed by atoms with Crippen LogP contribution in [0.1, 0.15) is 18.1 Å². The molecule has 2 aromatic rings. The summed E-state index contributed by atoms with van der Waals surface area (Å²) in [5.41, 5.74) is 0.181. The summed E-state index contributed by atoms with van der Waals surface area (Å²) in [6.07, 6.45) is 0. The van der Waals surface area contributed by atoms with Crippen molar-refractivity contribution in [1.29, 1.82) is 0 Å². The van der Waals surface area contributed by atoms with Gasteiger partial charge in [-0.3, -0.25) is 0 Å². The first-order chi connectivity index (χ1) is 7.59. The number of benzene rings is 1. The highest BCUT2D eigenvalue weighted by Crippen LogP contribution is 2.23. The molecular formula is C9H7Cl2FN4. The van der Waals surface area contributed by atoms with Crippen LogP contribution in [-0.2, 0) is 0 Å². The van der Waals surface area contributed by atoms with E-state index in [1.807, 2.05) is 0 Å². The summed E-state index contributed by atoms with van der Waals surface area (Å²) in [7, 11) is 0. The van der Waals surface area contributed by atoms with E-state index in [1.165, 1.54) is 22.9 Å². The first-order valence-electron chi connectivity index (χ1n) is 4.47. The lowest BCUT2D eigenvalue weighted by atomic mass is 10.3. The van der Waals surface area contributed by atoms with Gasteiger partial charge in [0.2, 0.25) is 0 Å². The molecule has 0 aliphatic carbocycles. The summed E-state index contributed by atoms with van der Waals surface area (Å²) in [6, 6.07) is 4.15. The molecular weight excluding hydrogens is 254 g/mol. The van der Waals surface area contributed by atoms with Crippen LogP contribution in [0.2, 0.25) is 5.02 Å². The van der Waals surface area contributed by atoms with E-state index in [0.717, 1.165) is 0 Å². The summed E-state index contributed by atoms with van der Waals surface area (Å²) in [5.74, 6) is -0.0990. The van der Waals surface area contributed by atoms with Gasteiger partial charge in [-0.25, -0.2) is 4.39 Å². The van der Waals surface area contributed by atoms with E-state index in [4.69, 9.17) is 23.2 Å². The van der Waals surface area contributed by atoms with Crippen molar-refractivity contribution in [3.8, 4) is 5.69 Å². The zero-order chi connectivity index (χ0) is 11.7. The number of rotatable bonds is 2. The molecule has 1 aromatic heterocycles. The van der Waals surface area contributed by atoms with Gasteiger partial charge in [0, 0.05) is 5.02 Å². The fraction of sp³-hybridized carbons (Fsp3) is 0.222. The zero-order valence-electron chi connectivity index (χ0n) is 8.23. The van der Waals surface area contributed by atoms with Crippen molar-refractivity contribution in [3.63, 3.8) is 0 Å². The molecule has 4 nitrogen and oxygen atoms in total. The molecule has 7 heteroatoms. The van der Waals surface area contributed by atoms with Crippen LogP contribution >= 0.6 is 23.2 Å². The van der Waals surface area contributed by atoms with Crippen molar-refractivity contribution in [2.75, 3.05) is 0 Å². The summed E-state index contributed by atoms with van der Waals surface area (Å²) in [6.45, 7) is 1.70. The Kier molecular flexibility index (Phi) is 3.07. The predicted octanol–water partition coefficient (Wildman–Crippen LogP) is 2.75. The molecule has 0 aliphatic rings. The van der Waals surface area contributed by atoms with Crippen LogP contribution in [-0.4, -0.2) is 20.2 Å². The van der Waals surface area contributed by atoms with Gasteiger partial charge in [-0.2, -0.15) is 4.68 Å². The Labute approximate surface area is 101 Å². The fourth-order valence-corrected chi connectivity index (χ4v) is 1.56. The van der Waals surface area contributed by atoms with Crippen LogP contribution in [0.15, 0.2) is 18.2 Å². The Morgan fingerprint density at radius 2 is 2.19 bits per heavy atom. The molecule has 0 saturated carbocycles. The topological polar surface area (TPSA) is 43.6 Å². The van der Waals surface area contributed by atoms with Gasteiger partial charge in [0.05, 0.1) is 5.38 Å². The lowest BCUT2D eigenvalue weighted by Gasteiger charge is -2.06. The van der Waals surface area contributed by atoms with E-state index in [9.17, 15) is 4.39 Å². The summed E-state index contributed by atoms with van der Waals surface area (Å²) < 4.78 is 14.8. The minimum Gasteiger partial charge on any atom is -0.205 e. The van der Waals surface area contributed by atoms with Gasteiger partial charge in [-0.05, 0) is 35.5 Å². The van der Waals surface area contributed by atoms with E-state index >= 15 is 0 Å². The molecule has 0 spiro atoms. The molecule has 16 heavy (non-hydrogen) atoms. The van der Waals surface area contributed by atoms with Gasteiger partial charge in [0.25, 0.3) is 0 Å². The van der Waals surface area contributed by atoms with Crippen molar-refractivity contribution in [2.24, 2.45) is 0 Å². The summed E-state index contributed by atoms with van der Waals surface area (Å²) in [4.78, 5) is 0. The van der Waals surface area contributed by atoms with Crippen LogP contribution in [0, 0.1) is 5.82 Å². The maximum Gasteiger partial charge on any atom is 0.174 e. The second kappa shape index (κ2) is 4.35. The number of aromatic nitrogens is 4. The SMILES string of the molecule is CC(Cl)c1nnnn1-c1cc(Cl)ccc1F. The van der Waals surface area contributed by atoms with Gasteiger partial charge >= 0.3 is 0 Å². The highest BCUT2D eigenvalue weighted by Gasteiger charge is 2.16. The Balaban J connectivity index is 2.58. The van der Waals surface area contributed by atoms with Crippen LogP contribution in [0.4, 0.5) is 4.39 Å². The van der Waals surface area contributed by atoms with Crippen molar-refractivity contribution >= 4 is 23.2 Å². The van der Waals surface area contributed by atoms with Crippen LogP contribution in [0.3, 0.4) is 0 Å². The Hall–Kier alpha value is -1.20. The number of hydrogen-bond donors (Lipinski definition) is 0. The van der Waals surface area contributed by atoms with Crippen molar-refractivity contribution in [2.45, 2.75) is 12.3 Å². The third-order valence-electron chi connectivity index (χ3n) is 1.99. The number of halogens is 3. The molecule has 0 N–H and O–H groups in total. The van der Waals surface area contributed by atoms with Crippen LogP contribution < -0.4 is 0 Å². The number of hydrogen-bond acceptors (Lipinski definition) is 3. The Bertz CT molecular complexity index is 512. The molecule has 0 radical (unpaired) electrons. The van der Waals surface area contributed by atoms with Gasteiger partial charge < -0.3 is 0 Å². The molecule has 84 valence electrons. The molecule has 0 fully saturated rings. The van der Waals surface area contributed by atoms with Gasteiger partial charge in [-0.1, -0.05) is 11.6 Å². The van der Waals surface area contributed by atoms with Crippen LogP contribution in [0.5, 0.6) is 0 Å². The molecule has 0 bridgehead atoms. The maximum atomic E-state index is 13.6. The lowest BCUT2D eigenvalue weighted by molar-refractivity contribution is 0.602. The van der Waals surface area contributed by atoms with E-state index in [1.54, 1.807) is 6.92 Å². The molecule has 1 unspecified atom stereocenters. The first-order valence-corrected chi connectivity index (χ1v) is 5.29. The summed E-state index contributed by atoms with van der Waals surface area (Å²) >= 11 is 11.7. The fourth-order valence-electron chi connectivity index (χ4n) is 1.26. The smallest absolute Gasteiger partial charge is 0.174 e. The highest BCUT2D eigenvalue weighted by molar-refractivity contribution is 6.30. The largest absolute Gasteiger partial charge is 0.205 e. The standard InChI is InChI=1S/C9H7Cl2FN4/c1-5(10)9-13-14-15-16(9)8-4-6(11)2-3-7(8)12/h2-5H,1H3. The molecule has 0 amide bonds. The highest BCUT2D eigenvalue weighted by atomic mass is 35.5. The third kappa shape index (κ3) is 2.01. The molecule has 1 atom stereocenters. The average molecular weight is 261 g/mol. The zero-order valence-corrected chi connectivity index (χ0v) is 9.74. The molecule has 0 aliphatic heterocycles. The van der Waals surface area contributed by atoms with Gasteiger partial charge in [0.1, 0.15) is 11.5 Å². The number of tetrazole rings is 1. The Morgan fingerprint density at radius 3 is 2.88 bits per heavy atom. The summed E-state index contributed by atoms with van der Waals surface area (Å²) in [5, 5.41) is 10.8. The first kappa shape index (κ1) is 11.3. The van der Waals surface area contributed by atoms with E-state index < -0.39 is 11.2 Å². The Morgan fingerprint density at radius 1 is 1.44 bits per heavy atom. The van der Waals surface area contributed by atoms with Crippen molar-refractivity contribution in [3.05, 3.63) is 34.9 Å². The number of nitrogens with zero attached hydrogens (tertiary/aromatic N) is 4. The van der Waals surface area contributed by atoms with Crippen molar-refractivity contribution < 1.29 is 4.39 Å². The van der Waals surface area contributed by atoms with Gasteiger partial charge in [0.15, 0.2) is 5.82 Å². The van der Waals surface area contributed by atoms with Crippen molar-refractivity contribution in [1.82, 2.24) is 20.2 Å². The number of alkyl halides is 1. The van der Waals surface area contributed by atoms with Gasteiger partial charge in [-0.15, -0.1) is 16.7 Å². The molecule has 2 rings (SSSR count). The lowest BCUT2D eigenvalue weighted by Crippen LogP contribution is -2.05. The second-order valence-electron chi connectivity index (χ2n) is 3.16. The second-order valence-corrected chi connectivity index (χ2v) is 4.25. The normalized spacial score (nSPS) is 12.8. The molecule has 1 aromatic carbocycles. The van der Waals surface area contributed by atoms with E-state index in [0.29, 0.717) is 10.8 Å². The maximum absolute atomic E-state index is 13.6. The van der Waals surface area contributed by atoms with E-state index in [2.05, 4.69) is 15.5 Å². The third-order valence-corrected chi connectivity index (χ3v) is 2.42. The van der Waals surface area contributed by atoms with E-state index in [-0.39, 0.29) is 5.69 Å². The predicted molar refractivity (Wildman–Crippen MR) is 58.4 cm³/mol. The van der Waals surface area contributed by atoms with Crippen LogP contribution in [0.25, 0.3) is 5.69 Å². The molecule has 0 saturated heterocycles. The monoisotopic (exact) mass is 260 g/mol. The minimum absolute atomic E-state index is 0.181. The molecule has 1 heterocycles. The average Bonchev–Trinajstić information content (AvgIpc) is 2.70. The quantitative estimate of drug-likeness (QED) is 0.780.